The van der Waals surface area contributed by atoms with Gasteiger partial charge in [0.05, 0.1) is 0 Å². The lowest BCUT2D eigenvalue weighted by Crippen LogP contribution is -2.39. The molecule has 0 aliphatic carbocycles. The highest BCUT2D eigenvalue weighted by Crippen LogP contribution is 2.32. The van der Waals surface area contributed by atoms with Crippen molar-refractivity contribution >= 4 is 11.7 Å². The van der Waals surface area contributed by atoms with Crippen LogP contribution in [0, 0.1) is 12.7 Å². The Morgan fingerprint density at radius 3 is 2.72 bits per heavy atom. The van der Waals surface area contributed by atoms with Gasteiger partial charge in [0, 0.05) is 49.8 Å². The molecule has 154 valence electrons. The molecule has 1 amide bonds. The molecule has 1 atom stereocenters. The van der Waals surface area contributed by atoms with Crippen molar-refractivity contribution in [2.75, 3.05) is 24.5 Å². The maximum absolute atomic E-state index is 13.3. The molecule has 2 aliphatic heterocycles. The molecule has 0 saturated carbocycles. The molecule has 29 heavy (non-hydrogen) atoms. The number of carbonyl (C=O) groups is 1. The van der Waals surface area contributed by atoms with E-state index >= 15 is 0 Å². The standard InChI is InChI=1S/C23H29FN4O/c1-3-21(29)27-12-4-6-18(15-27)22-25-16(2)20-7-5-13-28(23(20)26-22)14-17-8-10-19(24)11-9-17/h8-11,18H,3-7,12-15H2,1-2H3. The zero-order valence-corrected chi connectivity index (χ0v) is 17.3. The molecule has 0 N–H and O–H groups in total. The Morgan fingerprint density at radius 1 is 1.17 bits per heavy atom. The summed E-state index contributed by atoms with van der Waals surface area (Å²) in [6.07, 6.45) is 4.62. The second kappa shape index (κ2) is 8.47. The van der Waals surface area contributed by atoms with E-state index in [1.165, 1.54) is 17.7 Å². The SMILES string of the molecule is CCC(=O)N1CCCC(c2nc(C)c3c(n2)N(Cc2ccc(F)cc2)CCC3)C1. The van der Waals surface area contributed by atoms with Crippen LogP contribution in [0.25, 0.3) is 0 Å². The van der Waals surface area contributed by atoms with Crippen molar-refractivity contribution in [3.8, 4) is 0 Å². The van der Waals surface area contributed by atoms with Gasteiger partial charge in [-0.3, -0.25) is 4.79 Å². The van der Waals surface area contributed by atoms with Crippen LogP contribution >= 0.6 is 0 Å². The first kappa shape index (κ1) is 19.8. The Kier molecular flexibility index (Phi) is 5.79. The van der Waals surface area contributed by atoms with Crippen molar-refractivity contribution < 1.29 is 9.18 Å². The molecule has 3 heterocycles. The van der Waals surface area contributed by atoms with E-state index in [0.717, 1.165) is 61.7 Å². The van der Waals surface area contributed by atoms with Crippen molar-refractivity contribution in [1.29, 1.82) is 0 Å². The highest BCUT2D eigenvalue weighted by Gasteiger charge is 2.29. The molecule has 2 aliphatic rings. The number of hydrogen-bond donors (Lipinski definition) is 0. The van der Waals surface area contributed by atoms with Crippen LogP contribution in [0.4, 0.5) is 10.2 Å². The summed E-state index contributed by atoms with van der Waals surface area (Å²) in [7, 11) is 0. The summed E-state index contributed by atoms with van der Waals surface area (Å²) >= 11 is 0. The molecule has 2 aromatic rings. The van der Waals surface area contributed by atoms with E-state index in [4.69, 9.17) is 9.97 Å². The van der Waals surface area contributed by atoms with Crippen LogP contribution in [-0.2, 0) is 17.8 Å². The number of rotatable bonds is 4. The van der Waals surface area contributed by atoms with Crippen molar-refractivity contribution in [2.24, 2.45) is 0 Å². The van der Waals surface area contributed by atoms with E-state index in [2.05, 4.69) is 11.8 Å². The normalized spacial score (nSPS) is 19.2. The number of likely N-dealkylation sites (tertiary alicyclic amines) is 1. The predicted molar refractivity (Wildman–Crippen MR) is 111 cm³/mol. The minimum absolute atomic E-state index is 0.192. The number of benzene rings is 1. The van der Waals surface area contributed by atoms with Crippen molar-refractivity contribution in [1.82, 2.24) is 14.9 Å². The fraction of sp³-hybridized carbons (Fsp3) is 0.522. The maximum atomic E-state index is 13.3. The molecular formula is C23H29FN4O. The number of hydrogen-bond acceptors (Lipinski definition) is 4. The van der Waals surface area contributed by atoms with E-state index in [9.17, 15) is 9.18 Å². The van der Waals surface area contributed by atoms with E-state index in [-0.39, 0.29) is 17.6 Å². The molecule has 1 aromatic carbocycles. The first-order chi connectivity index (χ1) is 14.0. The number of aromatic nitrogens is 2. The zero-order chi connectivity index (χ0) is 20.4. The van der Waals surface area contributed by atoms with Gasteiger partial charge in [-0.25, -0.2) is 14.4 Å². The number of aryl methyl sites for hydroxylation is 1. The monoisotopic (exact) mass is 396 g/mol. The van der Waals surface area contributed by atoms with Gasteiger partial charge in [0.15, 0.2) is 0 Å². The molecule has 0 bridgehead atoms. The highest BCUT2D eigenvalue weighted by molar-refractivity contribution is 5.76. The minimum Gasteiger partial charge on any atom is -0.352 e. The largest absolute Gasteiger partial charge is 0.352 e. The lowest BCUT2D eigenvalue weighted by atomic mass is 9.95. The smallest absolute Gasteiger partial charge is 0.222 e. The van der Waals surface area contributed by atoms with E-state index in [1.54, 1.807) is 0 Å². The lowest BCUT2D eigenvalue weighted by molar-refractivity contribution is -0.132. The molecule has 1 aromatic heterocycles. The van der Waals surface area contributed by atoms with Gasteiger partial charge < -0.3 is 9.80 Å². The summed E-state index contributed by atoms with van der Waals surface area (Å²) in [6, 6.07) is 6.71. The molecule has 5 nitrogen and oxygen atoms in total. The number of anilines is 1. The van der Waals surface area contributed by atoms with Gasteiger partial charge in [-0.05, 0) is 50.3 Å². The molecule has 1 saturated heterocycles. The van der Waals surface area contributed by atoms with Crippen LogP contribution in [0.3, 0.4) is 0 Å². The fourth-order valence-electron chi connectivity index (χ4n) is 4.49. The first-order valence-corrected chi connectivity index (χ1v) is 10.7. The third-order valence-electron chi connectivity index (χ3n) is 6.09. The number of piperidine rings is 1. The number of halogens is 1. The Labute approximate surface area is 172 Å². The summed E-state index contributed by atoms with van der Waals surface area (Å²) in [5.41, 5.74) is 3.35. The van der Waals surface area contributed by atoms with E-state index < -0.39 is 0 Å². The first-order valence-electron chi connectivity index (χ1n) is 10.7. The third kappa shape index (κ3) is 4.26. The maximum Gasteiger partial charge on any atom is 0.222 e. The van der Waals surface area contributed by atoms with Gasteiger partial charge >= 0.3 is 0 Å². The average molecular weight is 397 g/mol. The zero-order valence-electron chi connectivity index (χ0n) is 17.3. The second-order valence-corrected chi connectivity index (χ2v) is 8.15. The molecule has 6 heteroatoms. The second-order valence-electron chi connectivity index (χ2n) is 8.15. The Morgan fingerprint density at radius 2 is 1.97 bits per heavy atom. The number of nitrogens with zero attached hydrogens (tertiary/aromatic N) is 4. The number of amides is 1. The Balaban J connectivity index is 1.61. The van der Waals surface area contributed by atoms with E-state index in [0.29, 0.717) is 19.5 Å². The van der Waals surface area contributed by atoms with Gasteiger partial charge in [-0.15, -0.1) is 0 Å². The number of carbonyl (C=O) groups excluding carboxylic acids is 1. The molecular weight excluding hydrogens is 367 g/mol. The van der Waals surface area contributed by atoms with Crippen LogP contribution < -0.4 is 4.90 Å². The quantitative estimate of drug-likeness (QED) is 0.784. The van der Waals surface area contributed by atoms with Crippen LogP contribution in [0.15, 0.2) is 24.3 Å². The molecule has 1 unspecified atom stereocenters. The molecule has 4 rings (SSSR count). The Bertz CT molecular complexity index is 883. The van der Waals surface area contributed by atoms with Gasteiger partial charge in [0.2, 0.25) is 5.91 Å². The van der Waals surface area contributed by atoms with Crippen LogP contribution in [0.2, 0.25) is 0 Å². The average Bonchev–Trinajstić information content (AvgIpc) is 2.75. The van der Waals surface area contributed by atoms with Crippen LogP contribution in [-0.4, -0.2) is 40.4 Å². The predicted octanol–water partition coefficient (Wildman–Crippen LogP) is 3.99. The summed E-state index contributed by atoms with van der Waals surface area (Å²) in [4.78, 5) is 26.3. The van der Waals surface area contributed by atoms with E-state index in [1.807, 2.05) is 24.0 Å². The van der Waals surface area contributed by atoms with Crippen molar-refractivity contribution in [2.45, 2.75) is 58.4 Å². The minimum atomic E-state index is -0.211. The third-order valence-corrected chi connectivity index (χ3v) is 6.09. The molecule has 1 fully saturated rings. The van der Waals surface area contributed by atoms with Crippen LogP contribution in [0.5, 0.6) is 0 Å². The van der Waals surface area contributed by atoms with Gasteiger partial charge in [-0.2, -0.15) is 0 Å². The summed E-state index contributed by atoms with van der Waals surface area (Å²) in [5, 5.41) is 0. The van der Waals surface area contributed by atoms with Gasteiger partial charge in [0.25, 0.3) is 0 Å². The Hall–Kier alpha value is -2.50. The summed E-state index contributed by atoms with van der Waals surface area (Å²) in [6.45, 7) is 7.19. The highest BCUT2D eigenvalue weighted by atomic mass is 19.1. The molecule has 0 radical (unpaired) electrons. The van der Waals surface area contributed by atoms with Crippen LogP contribution in [0.1, 0.15) is 61.2 Å². The van der Waals surface area contributed by atoms with Crippen molar-refractivity contribution in [3.63, 3.8) is 0 Å². The summed E-state index contributed by atoms with van der Waals surface area (Å²) in [5.74, 6) is 2.07. The van der Waals surface area contributed by atoms with Gasteiger partial charge in [0.1, 0.15) is 17.5 Å². The van der Waals surface area contributed by atoms with Gasteiger partial charge in [-0.1, -0.05) is 19.1 Å². The topological polar surface area (TPSA) is 49.3 Å². The fourth-order valence-corrected chi connectivity index (χ4v) is 4.49. The lowest BCUT2D eigenvalue weighted by Gasteiger charge is -2.34. The number of fused-ring (bicyclic) bond motifs is 1. The summed E-state index contributed by atoms with van der Waals surface area (Å²) < 4.78 is 13.3. The molecule has 0 spiro atoms. The van der Waals surface area contributed by atoms with Crippen molar-refractivity contribution in [3.05, 3.63) is 52.7 Å².